The Bertz CT molecular complexity index is 547. The summed E-state index contributed by atoms with van der Waals surface area (Å²) in [6, 6.07) is 5.35. The molecule has 1 aromatic rings. The number of non-ortho nitro benzene ring substituents is 1. The van der Waals surface area contributed by atoms with E-state index in [1.165, 1.54) is 18.2 Å². The Kier molecular flexibility index (Phi) is 5.71. The third-order valence-corrected chi connectivity index (χ3v) is 4.29. The molecule has 6 nitrogen and oxygen atoms in total. The van der Waals surface area contributed by atoms with E-state index in [0.717, 1.165) is 0 Å². The van der Waals surface area contributed by atoms with Crippen LogP contribution in [-0.2, 0) is 10.0 Å². The molecule has 1 aromatic carbocycles. The molecule has 0 spiro atoms. The number of rotatable bonds is 7. The summed E-state index contributed by atoms with van der Waals surface area (Å²) in [5.74, 6) is 0.210. The summed E-state index contributed by atoms with van der Waals surface area (Å²) in [5.41, 5.74) is 0.480. The summed E-state index contributed by atoms with van der Waals surface area (Å²) in [4.78, 5) is 10.1. The van der Waals surface area contributed by atoms with E-state index in [9.17, 15) is 18.5 Å². The third kappa shape index (κ3) is 5.14. The van der Waals surface area contributed by atoms with Gasteiger partial charge in [-0.2, -0.15) is 0 Å². The van der Waals surface area contributed by atoms with Crippen molar-refractivity contribution in [1.29, 1.82) is 0 Å². The molecule has 0 saturated carbocycles. The van der Waals surface area contributed by atoms with Crippen LogP contribution in [0.25, 0.3) is 0 Å². The van der Waals surface area contributed by atoms with E-state index in [2.05, 4.69) is 4.72 Å². The fraction of sp³-hybridized carbons (Fsp3) is 0.455. The van der Waals surface area contributed by atoms with Crippen LogP contribution < -0.4 is 4.72 Å². The first-order valence-electron chi connectivity index (χ1n) is 5.66. The third-order valence-electron chi connectivity index (χ3n) is 2.48. The molecule has 0 aliphatic heterocycles. The van der Waals surface area contributed by atoms with E-state index in [0.29, 0.717) is 12.0 Å². The van der Waals surface area contributed by atoms with Gasteiger partial charge >= 0.3 is 0 Å². The van der Waals surface area contributed by atoms with Crippen molar-refractivity contribution in [2.75, 3.05) is 11.6 Å². The Morgan fingerprint density at radius 2 is 2.16 bits per heavy atom. The number of hydrogen-bond donors (Lipinski definition) is 1. The van der Waals surface area contributed by atoms with Gasteiger partial charge in [0.15, 0.2) is 0 Å². The molecule has 0 aliphatic carbocycles. The zero-order valence-electron chi connectivity index (χ0n) is 10.4. The maximum Gasteiger partial charge on any atom is 0.269 e. The number of sulfonamides is 1. The molecule has 8 heteroatoms. The summed E-state index contributed by atoms with van der Waals surface area (Å²) in [6.07, 6.45) is 0.360. The molecule has 0 saturated heterocycles. The van der Waals surface area contributed by atoms with Crippen molar-refractivity contribution in [1.82, 2.24) is 4.72 Å². The van der Waals surface area contributed by atoms with Crippen molar-refractivity contribution in [3.8, 4) is 0 Å². The summed E-state index contributed by atoms with van der Waals surface area (Å²) < 4.78 is 25.8. The van der Waals surface area contributed by atoms with Crippen molar-refractivity contribution in [3.05, 3.63) is 39.9 Å². The Morgan fingerprint density at radius 1 is 1.47 bits per heavy atom. The lowest BCUT2D eigenvalue weighted by Crippen LogP contribution is -2.29. The normalized spacial score (nSPS) is 13.2. The Morgan fingerprint density at radius 3 is 2.74 bits per heavy atom. The zero-order chi connectivity index (χ0) is 14.5. The molecule has 0 radical (unpaired) electrons. The van der Waals surface area contributed by atoms with Crippen molar-refractivity contribution in [3.63, 3.8) is 0 Å². The van der Waals surface area contributed by atoms with Gasteiger partial charge < -0.3 is 0 Å². The lowest BCUT2D eigenvalue weighted by atomic mass is 10.1. The quantitative estimate of drug-likeness (QED) is 0.475. The van der Waals surface area contributed by atoms with Crippen LogP contribution in [0.5, 0.6) is 0 Å². The van der Waals surface area contributed by atoms with E-state index in [4.69, 9.17) is 11.6 Å². The Balaban J connectivity index is 2.80. The second kappa shape index (κ2) is 6.83. The number of halogens is 1. The van der Waals surface area contributed by atoms with E-state index in [-0.39, 0.29) is 17.3 Å². The van der Waals surface area contributed by atoms with Gasteiger partial charge in [-0.25, -0.2) is 13.1 Å². The fourth-order valence-corrected chi connectivity index (χ4v) is 3.16. The molecule has 19 heavy (non-hydrogen) atoms. The Hall–Kier alpha value is -1.18. The molecule has 1 atom stereocenters. The molecular formula is C11H15ClN2O4S. The molecule has 0 heterocycles. The lowest BCUT2D eigenvalue weighted by molar-refractivity contribution is -0.384. The number of alkyl halides is 1. The van der Waals surface area contributed by atoms with Crippen LogP contribution in [0.2, 0.25) is 0 Å². The van der Waals surface area contributed by atoms with Gasteiger partial charge in [0.05, 0.1) is 10.7 Å². The van der Waals surface area contributed by atoms with Gasteiger partial charge in [0, 0.05) is 24.1 Å². The first-order valence-corrected chi connectivity index (χ1v) is 7.85. The molecule has 1 unspecified atom stereocenters. The minimum absolute atomic E-state index is 0.0598. The molecule has 1 rings (SSSR count). The standard InChI is InChI=1S/C11H15ClN2O4S/c1-9(13-19(17,18)7-3-6-12)10-4-2-5-11(8-10)14(15)16/h2,4-5,8-9,13H,3,6-7H2,1H3. The molecule has 0 amide bonds. The number of nitrogens with one attached hydrogen (secondary N) is 1. The van der Waals surface area contributed by atoms with Crippen LogP contribution in [0.3, 0.4) is 0 Å². The SMILES string of the molecule is CC(NS(=O)(=O)CCCCl)c1cccc([N+](=O)[O-])c1. The smallest absolute Gasteiger partial charge is 0.258 e. The average Bonchev–Trinajstić information content (AvgIpc) is 2.36. The molecule has 0 fully saturated rings. The highest BCUT2D eigenvalue weighted by Crippen LogP contribution is 2.19. The second-order valence-electron chi connectivity index (χ2n) is 4.05. The average molecular weight is 307 g/mol. The minimum atomic E-state index is -3.43. The monoisotopic (exact) mass is 306 g/mol. The van der Waals surface area contributed by atoms with Crippen molar-refractivity contribution in [2.45, 2.75) is 19.4 Å². The highest BCUT2D eigenvalue weighted by atomic mass is 35.5. The van der Waals surface area contributed by atoms with Gasteiger partial charge in [-0.15, -0.1) is 11.6 Å². The van der Waals surface area contributed by atoms with Crippen LogP contribution in [0.1, 0.15) is 24.9 Å². The second-order valence-corrected chi connectivity index (χ2v) is 6.30. The topological polar surface area (TPSA) is 89.3 Å². The van der Waals surface area contributed by atoms with Crippen molar-refractivity contribution >= 4 is 27.3 Å². The molecule has 1 N–H and O–H groups in total. The van der Waals surface area contributed by atoms with Crippen LogP contribution in [0.4, 0.5) is 5.69 Å². The van der Waals surface area contributed by atoms with Gasteiger partial charge in [-0.3, -0.25) is 10.1 Å². The molecule has 0 aromatic heterocycles. The van der Waals surface area contributed by atoms with Crippen molar-refractivity contribution in [2.24, 2.45) is 0 Å². The fourth-order valence-electron chi connectivity index (χ4n) is 1.55. The van der Waals surface area contributed by atoms with Gasteiger partial charge in [0.25, 0.3) is 5.69 Å². The number of benzene rings is 1. The minimum Gasteiger partial charge on any atom is -0.258 e. The van der Waals surface area contributed by atoms with Gasteiger partial charge in [0.2, 0.25) is 10.0 Å². The maximum atomic E-state index is 11.7. The predicted molar refractivity (Wildman–Crippen MR) is 73.8 cm³/mol. The van der Waals surface area contributed by atoms with Crippen LogP contribution in [0.15, 0.2) is 24.3 Å². The number of nitro groups is 1. The number of hydrogen-bond acceptors (Lipinski definition) is 4. The van der Waals surface area contributed by atoms with E-state index in [1.54, 1.807) is 13.0 Å². The first kappa shape index (κ1) is 15.9. The van der Waals surface area contributed by atoms with Crippen LogP contribution >= 0.6 is 11.6 Å². The zero-order valence-corrected chi connectivity index (χ0v) is 11.9. The summed E-state index contributed by atoms with van der Waals surface area (Å²) in [5, 5.41) is 10.7. The molecular weight excluding hydrogens is 292 g/mol. The van der Waals surface area contributed by atoms with Crippen molar-refractivity contribution < 1.29 is 13.3 Å². The van der Waals surface area contributed by atoms with Gasteiger partial charge in [0.1, 0.15) is 0 Å². The summed E-state index contributed by atoms with van der Waals surface area (Å²) in [6.45, 7) is 1.64. The largest absolute Gasteiger partial charge is 0.269 e. The van der Waals surface area contributed by atoms with E-state index in [1.807, 2.05) is 0 Å². The molecule has 0 aliphatic rings. The lowest BCUT2D eigenvalue weighted by Gasteiger charge is -2.14. The first-order chi connectivity index (χ1) is 8.85. The summed E-state index contributed by atoms with van der Waals surface area (Å²) in [7, 11) is -3.43. The number of nitro benzene ring substituents is 1. The maximum absolute atomic E-state index is 11.7. The summed E-state index contributed by atoms with van der Waals surface area (Å²) >= 11 is 5.45. The van der Waals surface area contributed by atoms with Gasteiger partial charge in [-0.05, 0) is 18.9 Å². The number of nitrogens with zero attached hydrogens (tertiary/aromatic N) is 1. The van der Waals surface area contributed by atoms with Gasteiger partial charge in [-0.1, -0.05) is 12.1 Å². The highest BCUT2D eigenvalue weighted by molar-refractivity contribution is 7.89. The Labute approximate surface area is 117 Å². The van der Waals surface area contributed by atoms with Crippen LogP contribution in [-0.4, -0.2) is 25.0 Å². The predicted octanol–water partition coefficient (Wildman–Crippen LogP) is 2.20. The van der Waals surface area contributed by atoms with E-state index >= 15 is 0 Å². The van der Waals surface area contributed by atoms with Crippen LogP contribution in [0, 0.1) is 10.1 Å². The molecule has 0 bridgehead atoms. The highest BCUT2D eigenvalue weighted by Gasteiger charge is 2.17. The molecule has 106 valence electrons. The van der Waals surface area contributed by atoms with E-state index < -0.39 is 21.0 Å².